The molecule has 1 aromatic rings. The van der Waals surface area contributed by atoms with E-state index < -0.39 is 12.6 Å². The quantitative estimate of drug-likeness (QED) is 0.907. The van der Waals surface area contributed by atoms with Crippen molar-refractivity contribution in [1.29, 1.82) is 0 Å². The van der Waals surface area contributed by atoms with Gasteiger partial charge in [-0.1, -0.05) is 12.8 Å². The number of alkyl halides is 3. The zero-order chi connectivity index (χ0) is 13.0. The summed E-state index contributed by atoms with van der Waals surface area (Å²) in [5.41, 5.74) is 1.74. The molecule has 0 aromatic carbocycles. The second-order valence-electron chi connectivity index (χ2n) is 4.82. The van der Waals surface area contributed by atoms with Crippen molar-refractivity contribution in [2.24, 2.45) is 5.92 Å². The Balaban J connectivity index is 1.87. The van der Waals surface area contributed by atoms with Crippen LogP contribution >= 0.6 is 11.3 Å². The van der Waals surface area contributed by atoms with Crippen LogP contribution in [-0.2, 0) is 6.54 Å². The summed E-state index contributed by atoms with van der Waals surface area (Å²) in [7, 11) is 0. The fourth-order valence-corrected chi connectivity index (χ4v) is 3.12. The summed E-state index contributed by atoms with van der Waals surface area (Å²) in [6.07, 6.45) is 0.520. The molecule has 0 unspecified atom stereocenters. The molecule has 0 bridgehead atoms. The van der Waals surface area contributed by atoms with E-state index in [1.165, 1.54) is 11.3 Å². The van der Waals surface area contributed by atoms with E-state index in [-0.39, 0.29) is 12.0 Å². The Morgan fingerprint density at radius 1 is 1.33 bits per heavy atom. The van der Waals surface area contributed by atoms with Gasteiger partial charge in [-0.05, 0) is 18.8 Å². The van der Waals surface area contributed by atoms with Crippen molar-refractivity contribution in [2.45, 2.75) is 50.9 Å². The van der Waals surface area contributed by atoms with Crippen molar-refractivity contribution in [2.75, 3.05) is 0 Å². The summed E-state index contributed by atoms with van der Waals surface area (Å²) in [5, 5.41) is 3.27. The van der Waals surface area contributed by atoms with Gasteiger partial charge in [-0.2, -0.15) is 13.2 Å². The molecule has 0 aliphatic heterocycles. The van der Waals surface area contributed by atoms with Gasteiger partial charge in [0.2, 0.25) is 0 Å². The summed E-state index contributed by atoms with van der Waals surface area (Å²) in [6.45, 7) is 0.629. The lowest BCUT2D eigenvalue weighted by molar-refractivity contribution is -0.148. The first kappa shape index (κ1) is 13.8. The molecule has 1 aromatic heterocycles. The van der Waals surface area contributed by atoms with Crippen LogP contribution < -0.4 is 5.32 Å². The van der Waals surface area contributed by atoms with E-state index in [2.05, 4.69) is 10.3 Å². The Labute approximate surface area is 109 Å². The molecule has 0 saturated heterocycles. The van der Waals surface area contributed by atoms with E-state index in [0.29, 0.717) is 13.0 Å². The second-order valence-corrected chi connectivity index (χ2v) is 5.79. The van der Waals surface area contributed by atoms with E-state index >= 15 is 0 Å². The smallest absolute Gasteiger partial charge is 0.309 e. The van der Waals surface area contributed by atoms with Gasteiger partial charge in [0.15, 0.2) is 0 Å². The van der Waals surface area contributed by atoms with Crippen molar-refractivity contribution in [3.8, 4) is 0 Å². The summed E-state index contributed by atoms with van der Waals surface area (Å²) in [6, 6.07) is -0.0116. The number of nitrogens with zero attached hydrogens (tertiary/aromatic N) is 1. The van der Waals surface area contributed by atoms with Crippen LogP contribution in [-0.4, -0.2) is 17.2 Å². The summed E-state index contributed by atoms with van der Waals surface area (Å²) >= 11 is 1.53. The predicted molar refractivity (Wildman–Crippen MR) is 65.4 cm³/mol. The molecule has 0 amide bonds. The second kappa shape index (κ2) is 6.02. The minimum Gasteiger partial charge on any atom is -0.309 e. The number of hydrogen-bond acceptors (Lipinski definition) is 3. The molecule has 1 fully saturated rings. The van der Waals surface area contributed by atoms with E-state index in [9.17, 15) is 13.2 Å². The molecule has 2 nitrogen and oxygen atoms in total. The number of hydrogen-bond donors (Lipinski definition) is 1. The number of halogens is 3. The van der Waals surface area contributed by atoms with Gasteiger partial charge >= 0.3 is 6.18 Å². The van der Waals surface area contributed by atoms with Crippen molar-refractivity contribution >= 4 is 11.3 Å². The standard InChI is InChI=1S/C12H17F3N2S/c13-12(14,15)5-9-3-1-2-4-11(9)17-7-10-6-16-8-18-10/h6,8-9,11,17H,1-5,7H2/t9-,11-/m0/s1. The summed E-state index contributed by atoms with van der Waals surface area (Å²) in [5.74, 6) is -0.272. The molecule has 2 rings (SSSR count). The topological polar surface area (TPSA) is 24.9 Å². The predicted octanol–water partition coefficient (Wildman–Crippen LogP) is 3.74. The Kier molecular flexibility index (Phi) is 4.61. The van der Waals surface area contributed by atoms with Crippen molar-refractivity contribution < 1.29 is 13.2 Å². The molecular weight excluding hydrogens is 261 g/mol. The maximum absolute atomic E-state index is 12.5. The number of aromatic nitrogens is 1. The molecular formula is C12H17F3N2S. The number of thiazole rings is 1. The van der Waals surface area contributed by atoms with Crippen LogP contribution in [0, 0.1) is 5.92 Å². The highest BCUT2D eigenvalue weighted by molar-refractivity contribution is 7.09. The minimum absolute atomic E-state index is 0.0116. The van der Waals surface area contributed by atoms with E-state index in [1.807, 2.05) is 0 Å². The molecule has 18 heavy (non-hydrogen) atoms. The lowest BCUT2D eigenvalue weighted by Gasteiger charge is -2.32. The lowest BCUT2D eigenvalue weighted by atomic mass is 9.82. The molecule has 0 radical (unpaired) electrons. The molecule has 2 atom stereocenters. The zero-order valence-corrected chi connectivity index (χ0v) is 10.9. The molecule has 1 aliphatic rings. The monoisotopic (exact) mass is 278 g/mol. The van der Waals surface area contributed by atoms with Gasteiger partial charge in [0, 0.05) is 30.1 Å². The maximum atomic E-state index is 12.5. The van der Waals surface area contributed by atoms with Crippen LogP contribution in [0.25, 0.3) is 0 Å². The summed E-state index contributed by atoms with van der Waals surface area (Å²) < 4.78 is 37.5. The van der Waals surface area contributed by atoms with E-state index in [4.69, 9.17) is 0 Å². The van der Waals surface area contributed by atoms with E-state index in [0.717, 1.165) is 24.1 Å². The molecule has 1 heterocycles. The molecule has 1 aliphatic carbocycles. The SMILES string of the molecule is FC(F)(F)C[C@@H]1CCCC[C@@H]1NCc1cncs1. The Hall–Kier alpha value is -0.620. The van der Waals surface area contributed by atoms with Crippen molar-refractivity contribution in [3.05, 3.63) is 16.6 Å². The van der Waals surface area contributed by atoms with Gasteiger partial charge in [-0.3, -0.25) is 4.98 Å². The van der Waals surface area contributed by atoms with Crippen molar-refractivity contribution in [1.82, 2.24) is 10.3 Å². The van der Waals surface area contributed by atoms with Gasteiger partial charge < -0.3 is 5.32 Å². The van der Waals surface area contributed by atoms with Gasteiger partial charge in [-0.15, -0.1) is 11.3 Å². The highest BCUT2D eigenvalue weighted by Gasteiger charge is 2.36. The van der Waals surface area contributed by atoms with Gasteiger partial charge in [0.05, 0.1) is 5.51 Å². The van der Waals surface area contributed by atoms with Crippen molar-refractivity contribution in [3.63, 3.8) is 0 Å². The highest BCUT2D eigenvalue weighted by atomic mass is 32.1. The molecule has 1 N–H and O–H groups in total. The number of rotatable bonds is 4. The van der Waals surface area contributed by atoms with Gasteiger partial charge in [0.25, 0.3) is 0 Å². The third kappa shape index (κ3) is 4.24. The van der Waals surface area contributed by atoms with Crippen LogP contribution in [0.15, 0.2) is 11.7 Å². The molecule has 6 heteroatoms. The van der Waals surface area contributed by atoms with Crippen LogP contribution in [0.5, 0.6) is 0 Å². The normalized spacial score (nSPS) is 25.3. The maximum Gasteiger partial charge on any atom is 0.389 e. The Morgan fingerprint density at radius 3 is 2.78 bits per heavy atom. The van der Waals surface area contributed by atoms with Crippen LogP contribution in [0.3, 0.4) is 0 Å². The molecule has 1 saturated carbocycles. The Morgan fingerprint density at radius 2 is 2.11 bits per heavy atom. The average Bonchev–Trinajstić information content (AvgIpc) is 2.79. The zero-order valence-electron chi connectivity index (χ0n) is 10.0. The third-order valence-corrected chi connectivity index (χ3v) is 4.20. The van der Waals surface area contributed by atoms with Crippen LogP contribution in [0.4, 0.5) is 13.2 Å². The van der Waals surface area contributed by atoms with Crippen LogP contribution in [0.1, 0.15) is 37.0 Å². The molecule has 0 spiro atoms. The van der Waals surface area contributed by atoms with E-state index in [1.54, 1.807) is 11.7 Å². The largest absolute Gasteiger partial charge is 0.389 e. The Bertz CT molecular complexity index is 351. The lowest BCUT2D eigenvalue weighted by Crippen LogP contribution is -2.40. The first-order valence-electron chi connectivity index (χ1n) is 6.22. The summed E-state index contributed by atoms with van der Waals surface area (Å²) in [4.78, 5) is 5.04. The highest BCUT2D eigenvalue weighted by Crippen LogP contribution is 2.34. The van der Waals surface area contributed by atoms with Gasteiger partial charge in [-0.25, -0.2) is 0 Å². The van der Waals surface area contributed by atoms with Crippen LogP contribution in [0.2, 0.25) is 0 Å². The fraction of sp³-hybridized carbons (Fsp3) is 0.750. The fourth-order valence-electron chi connectivity index (χ4n) is 2.58. The first-order valence-corrected chi connectivity index (χ1v) is 7.10. The van der Waals surface area contributed by atoms with Gasteiger partial charge in [0.1, 0.15) is 0 Å². The minimum atomic E-state index is -4.05. The average molecular weight is 278 g/mol. The number of nitrogens with one attached hydrogen (secondary N) is 1. The molecule has 102 valence electrons. The first-order chi connectivity index (χ1) is 8.54. The third-order valence-electron chi connectivity index (χ3n) is 3.42.